The molecule has 0 saturated heterocycles. The van der Waals surface area contributed by atoms with Gasteiger partial charge in [0.2, 0.25) is 0 Å². The monoisotopic (exact) mass is 279 g/mol. The second-order valence-corrected chi connectivity index (χ2v) is 3.75. The number of hydrogen-bond acceptors (Lipinski definition) is 4. The summed E-state index contributed by atoms with van der Waals surface area (Å²) in [4.78, 5) is 6.51. The third-order valence-corrected chi connectivity index (χ3v) is 2.36. The van der Waals surface area contributed by atoms with Gasteiger partial charge in [0.15, 0.2) is 0 Å². The molecule has 0 bridgehead atoms. The zero-order valence-corrected chi connectivity index (χ0v) is 9.94. The number of hydrazone groups is 1. The van der Waals surface area contributed by atoms with Gasteiger partial charge in [-0.05, 0) is 18.2 Å². The molecular weight excluding hydrogens is 271 g/mol. The topological polar surface area (TPSA) is 76.9 Å². The Hall–Kier alpha value is -2.82. The Bertz CT molecular complexity index is 653. The highest BCUT2D eigenvalue weighted by Gasteiger charge is 2.33. The molecular formula is C12H8F3N5. The standard InChI is InChI=1S/C12H8F3N5/c13-12(14,15)11-3-9(2-1-8(11)4-16)20-19-6-10-5-17-7-18-10/h1-3,5-7,20H,(H,17,18)/b19-6+. The summed E-state index contributed by atoms with van der Waals surface area (Å²) in [5.74, 6) is 0. The molecule has 1 aromatic heterocycles. The Balaban J connectivity index is 2.20. The van der Waals surface area contributed by atoms with Crippen LogP contribution in [0.15, 0.2) is 35.8 Å². The third kappa shape index (κ3) is 3.14. The quantitative estimate of drug-likeness (QED) is 0.670. The highest BCUT2D eigenvalue weighted by atomic mass is 19.4. The van der Waals surface area contributed by atoms with Crippen LogP contribution in [0.2, 0.25) is 0 Å². The summed E-state index contributed by atoms with van der Waals surface area (Å²) in [6.07, 6.45) is -0.260. The van der Waals surface area contributed by atoms with Crippen molar-refractivity contribution in [2.24, 2.45) is 5.10 Å². The van der Waals surface area contributed by atoms with E-state index in [2.05, 4.69) is 20.5 Å². The van der Waals surface area contributed by atoms with Crippen molar-refractivity contribution in [1.82, 2.24) is 9.97 Å². The maximum Gasteiger partial charge on any atom is 0.417 e. The molecule has 8 heteroatoms. The molecule has 0 atom stereocenters. The van der Waals surface area contributed by atoms with Gasteiger partial charge in [0.1, 0.15) is 0 Å². The molecule has 5 nitrogen and oxygen atoms in total. The van der Waals surface area contributed by atoms with Crippen molar-refractivity contribution >= 4 is 11.9 Å². The fourth-order valence-electron chi connectivity index (χ4n) is 1.46. The number of nitriles is 1. The van der Waals surface area contributed by atoms with E-state index in [1.807, 2.05) is 0 Å². The van der Waals surface area contributed by atoms with Crippen molar-refractivity contribution in [3.05, 3.63) is 47.5 Å². The molecule has 20 heavy (non-hydrogen) atoms. The van der Waals surface area contributed by atoms with E-state index in [0.717, 1.165) is 12.1 Å². The zero-order chi connectivity index (χ0) is 14.6. The van der Waals surface area contributed by atoms with Gasteiger partial charge in [-0.15, -0.1) is 0 Å². The van der Waals surface area contributed by atoms with E-state index in [1.165, 1.54) is 30.9 Å². The van der Waals surface area contributed by atoms with Crippen molar-refractivity contribution in [3.8, 4) is 6.07 Å². The average Bonchev–Trinajstić information content (AvgIpc) is 2.91. The van der Waals surface area contributed by atoms with Gasteiger partial charge in [-0.2, -0.15) is 23.5 Å². The van der Waals surface area contributed by atoms with Crippen LogP contribution in [0.1, 0.15) is 16.8 Å². The first-order chi connectivity index (χ1) is 9.50. The second-order valence-electron chi connectivity index (χ2n) is 3.75. The Morgan fingerprint density at radius 1 is 1.40 bits per heavy atom. The molecule has 0 spiro atoms. The van der Waals surface area contributed by atoms with E-state index in [9.17, 15) is 13.2 Å². The number of anilines is 1. The predicted molar refractivity (Wildman–Crippen MR) is 66.0 cm³/mol. The number of aromatic amines is 1. The van der Waals surface area contributed by atoms with Crippen molar-refractivity contribution in [2.45, 2.75) is 6.18 Å². The summed E-state index contributed by atoms with van der Waals surface area (Å²) in [6.45, 7) is 0. The number of hydrogen-bond donors (Lipinski definition) is 2. The molecule has 2 aromatic rings. The number of imidazole rings is 1. The molecule has 0 aliphatic rings. The molecule has 0 saturated carbocycles. The Morgan fingerprint density at radius 3 is 2.80 bits per heavy atom. The van der Waals surface area contributed by atoms with Crippen molar-refractivity contribution in [3.63, 3.8) is 0 Å². The van der Waals surface area contributed by atoms with E-state index in [0.29, 0.717) is 5.69 Å². The lowest BCUT2D eigenvalue weighted by atomic mass is 10.1. The van der Waals surface area contributed by atoms with Crippen LogP contribution in [-0.4, -0.2) is 16.2 Å². The minimum Gasteiger partial charge on any atom is -0.344 e. The minimum atomic E-state index is -4.59. The summed E-state index contributed by atoms with van der Waals surface area (Å²) in [5.41, 5.74) is 1.76. The second kappa shape index (κ2) is 5.44. The van der Waals surface area contributed by atoms with Crippen LogP contribution in [0.4, 0.5) is 18.9 Å². The number of nitrogens with one attached hydrogen (secondary N) is 2. The lowest BCUT2D eigenvalue weighted by Gasteiger charge is -2.10. The summed E-state index contributed by atoms with van der Waals surface area (Å²) in [6, 6.07) is 4.78. The van der Waals surface area contributed by atoms with Gasteiger partial charge in [-0.3, -0.25) is 5.43 Å². The van der Waals surface area contributed by atoms with Gasteiger partial charge < -0.3 is 4.98 Å². The average molecular weight is 279 g/mol. The van der Waals surface area contributed by atoms with Crippen LogP contribution in [0.5, 0.6) is 0 Å². The molecule has 2 N–H and O–H groups in total. The first kappa shape index (κ1) is 13.6. The molecule has 1 aromatic carbocycles. The summed E-state index contributed by atoms with van der Waals surface area (Å²) in [5, 5.41) is 12.4. The van der Waals surface area contributed by atoms with Crippen LogP contribution in [0.25, 0.3) is 0 Å². The Morgan fingerprint density at radius 2 is 2.20 bits per heavy atom. The molecule has 1 heterocycles. The number of benzene rings is 1. The molecule has 0 aliphatic carbocycles. The van der Waals surface area contributed by atoms with Crippen molar-refractivity contribution in [1.29, 1.82) is 5.26 Å². The predicted octanol–water partition coefficient (Wildman–Crippen LogP) is 2.75. The molecule has 0 amide bonds. The van der Waals surface area contributed by atoms with E-state index in [1.54, 1.807) is 0 Å². The lowest BCUT2D eigenvalue weighted by molar-refractivity contribution is -0.137. The van der Waals surface area contributed by atoms with E-state index < -0.39 is 17.3 Å². The van der Waals surface area contributed by atoms with E-state index >= 15 is 0 Å². The van der Waals surface area contributed by atoms with Crippen LogP contribution in [0.3, 0.4) is 0 Å². The van der Waals surface area contributed by atoms with Crippen LogP contribution < -0.4 is 5.43 Å². The van der Waals surface area contributed by atoms with Gasteiger partial charge in [-0.1, -0.05) is 0 Å². The van der Waals surface area contributed by atoms with Gasteiger partial charge in [0.25, 0.3) is 0 Å². The minimum absolute atomic E-state index is 0.132. The maximum atomic E-state index is 12.7. The largest absolute Gasteiger partial charge is 0.417 e. The molecule has 2 rings (SSSR count). The van der Waals surface area contributed by atoms with Gasteiger partial charge in [0, 0.05) is 0 Å². The fraction of sp³-hybridized carbons (Fsp3) is 0.0833. The molecule has 0 radical (unpaired) electrons. The number of alkyl halides is 3. The molecule has 0 aliphatic heterocycles. The third-order valence-electron chi connectivity index (χ3n) is 2.36. The van der Waals surface area contributed by atoms with E-state index in [-0.39, 0.29) is 5.69 Å². The maximum absolute atomic E-state index is 12.7. The number of halogens is 3. The Kier molecular flexibility index (Phi) is 3.70. The highest BCUT2D eigenvalue weighted by Crippen LogP contribution is 2.33. The van der Waals surface area contributed by atoms with E-state index in [4.69, 9.17) is 5.26 Å². The zero-order valence-electron chi connectivity index (χ0n) is 9.94. The highest BCUT2D eigenvalue weighted by molar-refractivity contribution is 5.77. The first-order valence-electron chi connectivity index (χ1n) is 5.39. The van der Waals surface area contributed by atoms with Crippen LogP contribution >= 0.6 is 0 Å². The molecule has 0 fully saturated rings. The normalized spacial score (nSPS) is 11.5. The van der Waals surface area contributed by atoms with Crippen molar-refractivity contribution in [2.75, 3.05) is 5.43 Å². The molecule has 102 valence electrons. The summed E-state index contributed by atoms with van der Waals surface area (Å²) < 4.78 is 38.2. The fourth-order valence-corrected chi connectivity index (χ4v) is 1.46. The number of rotatable bonds is 3. The van der Waals surface area contributed by atoms with Gasteiger partial charge >= 0.3 is 6.18 Å². The SMILES string of the molecule is N#Cc1ccc(N/N=C/c2cnc[nH]2)cc1C(F)(F)F. The number of aromatic nitrogens is 2. The number of nitrogens with zero attached hydrogens (tertiary/aromatic N) is 3. The molecule has 0 unspecified atom stereocenters. The van der Waals surface area contributed by atoms with Gasteiger partial charge in [-0.25, -0.2) is 4.98 Å². The van der Waals surface area contributed by atoms with Crippen LogP contribution in [-0.2, 0) is 6.18 Å². The van der Waals surface area contributed by atoms with Crippen molar-refractivity contribution < 1.29 is 13.2 Å². The summed E-state index contributed by atoms with van der Waals surface area (Å²) in [7, 11) is 0. The smallest absolute Gasteiger partial charge is 0.344 e. The van der Waals surface area contributed by atoms with Gasteiger partial charge in [0.05, 0.1) is 47.3 Å². The summed E-state index contributed by atoms with van der Waals surface area (Å²) >= 11 is 0. The Labute approximate surface area is 111 Å². The van der Waals surface area contributed by atoms with Crippen LogP contribution in [0, 0.1) is 11.3 Å². The first-order valence-corrected chi connectivity index (χ1v) is 5.39. The number of H-pyrrole nitrogens is 1. The lowest BCUT2D eigenvalue weighted by Crippen LogP contribution is -2.08.